The van der Waals surface area contributed by atoms with E-state index in [1.807, 2.05) is 32.0 Å². The molecule has 0 heterocycles. The van der Waals surface area contributed by atoms with Gasteiger partial charge in [0, 0.05) is 5.69 Å². The van der Waals surface area contributed by atoms with Crippen LogP contribution in [-0.4, -0.2) is 24.6 Å². The van der Waals surface area contributed by atoms with Crippen LogP contribution < -0.4 is 10.1 Å². The Bertz CT molecular complexity index is 838. The summed E-state index contributed by atoms with van der Waals surface area (Å²) >= 11 is 0. The van der Waals surface area contributed by atoms with E-state index in [0.717, 1.165) is 11.1 Å². The minimum Gasteiger partial charge on any atom is -0.479 e. The summed E-state index contributed by atoms with van der Waals surface area (Å²) in [6, 6.07) is 13.9. The van der Waals surface area contributed by atoms with Crippen molar-refractivity contribution in [1.29, 1.82) is 5.26 Å². The second kappa shape index (κ2) is 8.67. The normalized spacial score (nSPS) is 11.2. The summed E-state index contributed by atoms with van der Waals surface area (Å²) < 4.78 is 10.4. The fraction of sp³-hybridized carbons (Fsp3) is 0.250. The molecule has 134 valence electrons. The van der Waals surface area contributed by atoms with Gasteiger partial charge in [-0.15, -0.1) is 0 Å². The van der Waals surface area contributed by atoms with Gasteiger partial charge in [0.1, 0.15) is 5.75 Å². The molecule has 6 nitrogen and oxygen atoms in total. The van der Waals surface area contributed by atoms with Crippen LogP contribution in [0.1, 0.15) is 23.6 Å². The van der Waals surface area contributed by atoms with Crippen LogP contribution in [0.15, 0.2) is 42.5 Å². The summed E-state index contributed by atoms with van der Waals surface area (Å²) in [4.78, 5) is 23.9. The third kappa shape index (κ3) is 5.35. The Morgan fingerprint density at radius 3 is 2.42 bits per heavy atom. The van der Waals surface area contributed by atoms with E-state index >= 15 is 0 Å². The largest absolute Gasteiger partial charge is 0.479 e. The van der Waals surface area contributed by atoms with Crippen molar-refractivity contribution >= 4 is 17.6 Å². The number of hydrogen-bond acceptors (Lipinski definition) is 5. The number of ether oxygens (including phenoxy) is 2. The number of anilines is 1. The van der Waals surface area contributed by atoms with Crippen molar-refractivity contribution in [3.8, 4) is 11.8 Å². The molecule has 2 aromatic carbocycles. The Morgan fingerprint density at radius 2 is 1.81 bits per heavy atom. The van der Waals surface area contributed by atoms with Crippen molar-refractivity contribution in [3.05, 3.63) is 59.2 Å². The zero-order chi connectivity index (χ0) is 19.1. The van der Waals surface area contributed by atoms with Gasteiger partial charge in [0.2, 0.25) is 0 Å². The van der Waals surface area contributed by atoms with E-state index in [2.05, 4.69) is 5.32 Å². The monoisotopic (exact) mass is 352 g/mol. The first-order valence-corrected chi connectivity index (χ1v) is 8.09. The summed E-state index contributed by atoms with van der Waals surface area (Å²) in [7, 11) is 0. The average molecular weight is 352 g/mol. The number of hydrogen-bond donors (Lipinski definition) is 1. The summed E-state index contributed by atoms with van der Waals surface area (Å²) in [5.74, 6) is -0.634. The Hall–Kier alpha value is -3.33. The van der Waals surface area contributed by atoms with Crippen LogP contribution in [0.25, 0.3) is 0 Å². The third-order valence-corrected chi connectivity index (χ3v) is 3.76. The molecule has 0 bridgehead atoms. The molecular formula is C20H20N2O4. The molecule has 0 spiro atoms. The first-order chi connectivity index (χ1) is 12.4. The number of rotatable bonds is 6. The Balaban J connectivity index is 1.81. The first-order valence-electron chi connectivity index (χ1n) is 8.09. The van der Waals surface area contributed by atoms with E-state index < -0.39 is 24.6 Å². The Morgan fingerprint density at radius 1 is 1.12 bits per heavy atom. The van der Waals surface area contributed by atoms with Crippen LogP contribution in [0.5, 0.6) is 5.75 Å². The number of carbonyl (C=O) groups is 2. The van der Waals surface area contributed by atoms with E-state index in [0.29, 0.717) is 17.0 Å². The zero-order valence-corrected chi connectivity index (χ0v) is 14.9. The SMILES string of the molecule is Cc1ccc(NC(=O)COC(=O)[C@@H](C)Oc2ccc(C#N)cc2)cc1C. The van der Waals surface area contributed by atoms with E-state index in [9.17, 15) is 9.59 Å². The van der Waals surface area contributed by atoms with Crippen LogP contribution in [0.4, 0.5) is 5.69 Å². The van der Waals surface area contributed by atoms with E-state index in [-0.39, 0.29) is 0 Å². The number of benzene rings is 2. The van der Waals surface area contributed by atoms with Crippen molar-refractivity contribution in [2.24, 2.45) is 0 Å². The standard InChI is InChI=1S/C20H20N2O4/c1-13-4-7-17(10-14(13)2)22-19(23)12-25-20(24)15(3)26-18-8-5-16(11-21)6-9-18/h4-10,15H,12H2,1-3H3,(H,22,23)/t15-/m1/s1. The number of amides is 1. The van der Waals surface area contributed by atoms with Gasteiger partial charge < -0.3 is 14.8 Å². The number of aryl methyl sites for hydroxylation is 2. The van der Waals surface area contributed by atoms with Crippen molar-refractivity contribution < 1.29 is 19.1 Å². The molecule has 0 aromatic heterocycles. The molecule has 0 unspecified atom stereocenters. The highest BCUT2D eigenvalue weighted by Crippen LogP contribution is 2.15. The predicted octanol–water partition coefficient (Wildman–Crippen LogP) is 3.12. The maximum absolute atomic E-state index is 11.9. The van der Waals surface area contributed by atoms with Gasteiger partial charge in [0.15, 0.2) is 12.7 Å². The van der Waals surface area contributed by atoms with Gasteiger partial charge in [-0.05, 0) is 68.3 Å². The van der Waals surface area contributed by atoms with Gasteiger partial charge in [-0.2, -0.15) is 5.26 Å². The molecule has 1 amide bonds. The maximum atomic E-state index is 11.9. The van der Waals surface area contributed by atoms with E-state index in [4.69, 9.17) is 14.7 Å². The van der Waals surface area contributed by atoms with Gasteiger partial charge in [0.25, 0.3) is 5.91 Å². The average Bonchev–Trinajstić information content (AvgIpc) is 2.63. The number of nitriles is 1. The molecular weight excluding hydrogens is 332 g/mol. The minimum absolute atomic E-state index is 0.396. The summed E-state index contributed by atoms with van der Waals surface area (Å²) in [6.45, 7) is 5.07. The molecule has 2 aromatic rings. The Kier molecular flexibility index (Phi) is 6.34. The molecule has 26 heavy (non-hydrogen) atoms. The van der Waals surface area contributed by atoms with Crippen molar-refractivity contribution in [2.75, 3.05) is 11.9 Å². The van der Waals surface area contributed by atoms with Crippen molar-refractivity contribution in [2.45, 2.75) is 26.9 Å². The van der Waals surface area contributed by atoms with Gasteiger partial charge in [0.05, 0.1) is 11.6 Å². The van der Waals surface area contributed by atoms with Gasteiger partial charge >= 0.3 is 5.97 Å². The second-order valence-electron chi connectivity index (χ2n) is 5.85. The quantitative estimate of drug-likeness (QED) is 0.807. The highest BCUT2D eigenvalue weighted by atomic mass is 16.6. The highest BCUT2D eigenvalue weighted by molar-refractivity contribution is 5.93. The number of nitrogens with zero attached hydrogens (tertiary/aromatic N) is 1. The minimum atomic E-state index is -0.877. The smallest absolute Gasteiger partial charge is 0.347 e. The zero-order valence-electron chi connectivity index (χ0n) is 14.9. The molecule has 0 radical (unpaired) electrons. The fourth-order valence-electron chi connectivity index (χ4n) is 2.13. The third-order valence-electron chi connectivity index (χ3n) is 3.76. The van der Waals surface area contributed by atoms with Gasteiger partial charge in [-0.25, -0.2) is 4.79 Å². The lowest BCUT2D eigenvalue weighted by Gasteiger charge is -2.14. The summed E-state index contributed by atoms with van der Waals surface area (Å²) in [6.07, 6.45) is -0.877. The van der Waals surface area contributed by atoms with Crippen LogP contribution in [-0.2, 0) is 14.3 Å². The topological polar surface area (TPSA) is 88.4 Å². The maximum Gasteiger partial charge on any atom is 0.347 e. The Labute approximate surface area is 152 Å². The molecule has 0 aliphatic rings. The molecule has 6 heteroatoms. The number of esters is 1. The van der Waals surface area contributed by atoms with Crippen molar-refractivity contribution in [3.63, 3.8) is 0 Å². The highest BCUT2D eigenvalue weighted by Gasteiger charge is 2.18. The van der Waals surface area contributed by atoms with E-state index in [1.54, 1.807) is 30.3 Å². The molecule has 0 aliphatic heterocycles. The number of carbonyl (C=O) groups excluding carboxylic acids is 2. The number of nitrogens with one attached hydrogen (secondary N) is 1. The fourth-order valence-corrected chi connectivity index (χ4v) is 2.13. The van der Waals surface area contributed by atoms with Crippen LogP contribution >= 0.6 is 0 Å². The molecule has 1 N–H and O–H groups in total. The molecule has 0 aliphatic carbocycles. The first kappa shape index (κ1) is 19.0. The lowest BCUT2D eigenvalue weighted by atomic mass is 10.1. The summed E-state index contributed by atoms with van der Waals surface area (Å²) in [5.41, 5.74) is 3.33. The lowest BCUT2D eigenvalue weighted by molar-refractivity contribution is -0.153. The van der Waals surface area contributed by atoms with Gasteiger partial charge in [-0.1, -0.05) is 6.07 Å². The second-order valence-corrected chi connectivity index (χ2v) is 5.85. The van der Waals surface area contributed by atoms with Crippen LogP contribution in [0.2, 0.25) is 0 Å². The van der Waals surface area contributed by atoms with Crippen molar-refractivity contribution in [1.82, 2.24) is 0 Å². The van der Waals surface area contributed by atoms with Crippen LogP contribution in [0, 0.1) is 25.2 Å². The predicted molar refractivity (Wildman–Crippen MR) is 96.8 cm³/mol. The lowest BCUT2D eigenvalue weighted by Crippen LogP contribution is -2.29. The molecule has 0 saturated carbocycles. The molecule has 2 rings (SSSR count). The van der Waals surface area contributed by atoms with Crippen LogP contribution in [0.3, 0.4) is 0 Å². The molecule has 0 fully saturated rings. The van der Waals surface area contributed by atoms with E-state index in [1.165, 1.54) is 6.92 Å². The van der Waals surface area contributed by atoms with Gasteiger partial charge in [-0.3, -0.25) is 4.79 Å². The molecule has 0 saturated heterocycles. The summed E-state index contributed by atoms with van der Waals surface area (Å²) in [5, 5.41) is 11.4. The molecule has 1 atom stereocenters.